The Morgan fingerprint density at radius 3 is 2.86 bits per heavy atom. The van der Waals surface area contributed by atoms with E-state index in [1.54, 1.807) is 0 Å². The quantitative estimate of drug-likeness (QED) is 0.491. The molecule has 0 spiro atoms. The van der Waals surface area contributed by atoms with E-state index in [0.717, 1.165) is 68.1 Å². The maximum atomic E-state index is 9.79. The highest BCUT2D eigenvalue weighted by Gasteiger charge is 2.43. The van der Waals surface area contributed by atoms with Crippen molar-refractivity contribution < 1.29 is 9.26 Å². The Balaban J connectivity index is 1.51. The van der Waals surface area contributed by atoms with E-state index >= 15 is 0 Å². The fraction of sp³-hybridized carbons (Fsp3) is 0.520. The van der Waals surface area contributed by atoms with Crippen LogP contribution in [0.4, 0.5) is 10.7 Å². The van der Waals surface area contributed by atoms with E-state index in [4.69, 9.17) is 25.0 Å². The van der Waals surface area contributed by atoms with Crippen LogP contribution < -0.4 is 20.7 Å². The van der Waals surface area contributed by atoms with Gasteiger partial charge in [-0.25, -0.2) is 4.98 Å². The van der Waals surface area contributed by atoms with Crippen molar-refractivity contribution >= 4 is 22.0 Å². The standard InChI is InChI=1S/C25H32N8O2S/c1-25(6-4-5-19-21(25)17(15-26)22(27)36-19)24-30-23(31-35-24)18-13-16(33-9-7-28-8-10-33)14-20(29-18)34-12-11-32(2)3/h13-14,28H,4-12,27H2,1-3H3. The Morgan fingerprint density at radius 2 is 2.11 bits per heavy atom. The van der Waals surface area contributed by atoms with Gasteiger partial charge < -0.3 is 30.1 Å². The summed E-state index contributed by atoms with van der Waals surface area (Å²) in [6, 6.07) is 6.27. The summed E-state index contributed by atoms with van der Waals surface area (Å²) in [7, 11) is 4.02. The van der Waals surface area contributed by atoms with Gasteiger partial charge >= 0.3 is 0 Å². The van der Waals surface area contributed by atoms with E-state index in [9.17, 15) is 5.26 Å². The van der Waals surface area contributed by atoms with Crippen LogP contribution in [0.25, 0.3) is 11.5 Å². The number of fused-ring (bicyclic) bond motifs is 1. The molecule has 1 aliphatic heterocycles. The Bertz CT molecular complexity index is 1270. The molecule has 0 bridgehead atoms. The van der Waals surface area contributed by atoms with Crippen LogP contribution >= 0.6 is 11.3 Å². The second-order valence-corrected chi connectivity index (χ2v) is 10.9. The second-order valence-electron chi connectivity index (χ2n) is 9.80. The molecule has 11 heteroatoms. The number of anilines is 2. The van der Waals surface area contributed by atoms with Crippen LogP contribution in [0, 0.1) is 11.3 Å². The van der Waals surface area contributed by atoms with Gasteiger partial charge in [-0.2, -0.15) is 10.2 Å². The van der Waals surface area contributed by atoms with Crippen LogP contribution in [-0.2, 0) is 11.8 Å². The van der Waals surface area contributed by atoms with E-state index in [2.05, 4.69) is 33.3 Å². The van der Waals surface area contributed by atoms with Crippen LogP contribution in [0.1, 0.15) is 41.7 Å². The predicted molar refractivity (Wildman–Crippen MR) is 139 cm³/mol. The summed E-state index contributed by atoms with van der Waals surface area (Å²) in [6.45, 7) is 7.02. The van der Waals surface area contributed by atoms with Crippen molar-refractivity contribution in [2.45, 2.75) is 31.6 Å². The molecule has 0 amide bonds. The lowest BCUT2D eigenvalue weighted by molar-refractivity contribution is 0.254. The number of likely N-dealkylation sites (N-methyl/N-ethyl adjacent to an activating group) is 1. The molecule has 0 aromatic carbocycles. The van der Waals surface area contributed by atoms with Crippen LogP contribution in [0.5, 0.6) is 5.88 Å². The molecule has 3 N–H and O–H groups in total. The number of pyridine rings is 1. The summed E-state index contributed by atoms with van der Waals surface area (Å²) < 4.78 is 11.9. The minimum absolute atomic E-state index is 0.412. The molecule has 3 aromatic heterocycles. The Hall–Kier alpha value is -3.20. The molecule has 36 heavy (non-hydrogen) atoms. The zero-order valence-corrected chi connectivity index (χ0v) is 21.8. The number of nitrogens with one attached hydrogen (secondary N) is 1. The van der Waals surface area contributed by atoms with E-state index < -0.39 is 5.41 Å². The molecule has 3 aromatic rings. The number of ether oxygens (including phenoxy) is 1. The van der Waals surface area contributed by atoms with E-state index in [0.29, 0.717) is 40.5 Å². The van der Waals surface area contributed by atoms with E-state index in [1.807, 2.05) is 26.2 Å². The molecule has 0 radical (unpaired) electrons. The van der Waals surface area contributed by atoms with Gasteiger partial charge in [0.2, 0.25) is 17.6 Å². The largest absolute Gasteiger partial charge is 0.476 e. The molecule has 1 saturated heterocycles. The zero-order chi connectivity index (χ0) is 25.3. The minimum atomic E-state index is -0.570. The van der Waals surface area contributed by atoms with Gasteiger partial charge in [-0.1, -0.05) is 5.16 Å². The fourth-order valence-electron chi connectivity index (χ4n) is 4.98. The third-order valence-electron chi connectivity index (χ3n) is 6.94. The lowest BCUT2D eigenvalue weighted by atomic mass is 9.72. The minimum Gasteiger partial charge on any atom is -0.476 e. The Labute approximate surface area is 215 Å². The van der Waals surface area contributed by atoms with Crippen LogP contribution in [0.15, 0.2) is 16.7 Å². The maximum Gasteiger partial charge on any atom is 0.237 e. The Kier molecular flexibility index (Phi) is 6.83. The smallest absolute Gasteiger partial charge is 0.237 e. The van der Waals surface area contributed by atoms with Gasteiger partial charge in [0.1, 0.15) is 23.4 Å². The number of hydrogen-bond donors (Lipinski definition) is 2. The number of aromatic nitrogens is 3. The molecule has 1 atom stereocenters. The van der Waals surface area contributed by atoms with Crippen molar-refractivity contribution in [2.75, 3.05) is 64.1 Å². The molecular weight excluding hydrogens is 476 g/mol. The summed E-state index contributed by atoms with van der Waals surface area (Å²) in [4.78, 5) is 15.0. The van der Waals surface area contributed by atoms with Gasteiger partial charge in [-0.05, 0) is 46.3 Å². The summed E-state index contributed by atoms with van der Waals surface area (Å²) in [5, 5.41) is 18.1. The molecule has 190 valence electrons. The molecule has 0 saturated carbocycles. The van der Waals surface area contributed by atoms with E-state index in [-0.39, 0.29) is 0 Å². The number of nitrogens with two attached hydrogens (primary N) is 1. The van der Waals surface area contributed by atoms with Crippen molar-refractivity contribution in [3.63, 3.8) is 0 Å². The normalized spacial score (nSPS) is 19.8. The highest BCUT2D eigenvalue weighted by Crippen LogP contribution is 2.48. The van der Waals surface area contributed by atoms with Gasteiger partial charge in [-0.3, -0.25) is 0 Å². The first-order valence-corrected chi connectivity index (χ1v) is 13.1. The van der Waals surface area contributed by atoms with Crippen molar-refractivity contribution in [1.29, 1.82) is 5.26 Å². The molecule has 1 fully saturated rings. The number of nitriles is 1. The van der Waals surface area contributed by atoms with Crippen LogP contribution in [0.3, 0.4) is 0 Å². The van der Waals surface area contributed by atoms with Crippen molar-refractivity contribution in [2.24, 2.45) is 0 Å². The molecular formula is C25H32N8O2S. The number of rotatable bonds is 7. The summed E-state index contributed by atoms with van der Waals surface area (Å²) in [5.74, 6) is 1.43. The molecule has 1 unspecified atom stereocenters. The van der Waals surface area contributed by atoms with Gasteiger partial charge in [0.05, 0.1) is 11.0 Å². The van der Waals surface area contributed by atoms with Crippen molar-refractivity contribution in [1.82, 2.24) is 25.3 Å². The number of aryl methyl sites for hydroxylation is 1. The number of nitrogens with zero attached hydrogens (tertiary/aromatic N) is 6. The molecule has 1 aliphatic carbocycles. The highest BCUT2D eigenvalue weighted by atomic mass is 32.1. The average Bonchev–Trinajstić information content (AvgIpc) is 3.50. The van der Waals surface area contributed by atoms with Crippen molar-refractivity contribution in [3.05, 3.63) is 34.0 Å². The lowest BCUT2D eigenvalue weighted by Crippen LogP contribution is -2.43. The van der Waals surface area contributed by atoms with Gasteiger partial charge in [0.15, 0.2) is 0 Å². The predicted octanol–water partition coefficient (Wildman–Crippen LogP) is 2.64. The third-order valence-corrected chi connectivity index (χ3v) is 8.02. The summed E-state index contributed by atoms with van der Waals surface area (Å²) >= 11 is 1.49. The van der Waals surface area contributed by atoms with E-state index in [1.165, 1.54) is 11.3 Å². The number of thiophene rings is 1. The number of piperazine rings is 1. The number of hydrogen-bond acceptors (Lipinski definition) is 11. The Morgan fingerprint density at radius 1 is 1.31 bits per heavy atom. The first-order chi connectivity index (χ1) is 17.4. The third kappa shape index (κ3) is 4.64. The van der Waals surface area contributed by atoms with Gasteiger partial charge in [-0.15, -0.1) is 11.3 Å². The molecule has 4 heterocycles. The average molecular weight is 509 g/mol. The van der Waals surface area contributed by atoms with Gasteiger partial charge in [0.25, 0.3) is 0 Å². The monoisotopic (exact) mass is 508 g/mol. The summed E-state index contributed by atoms with van der Waals surface area (Å²) in [5.41, 5.74) is 8.71. The second kappa shape index (κ2) is 10.0. The maximum absolute atomic E-state index is 9.79. The molecule has 2 aliphatic rings. The van der Waals surface area contributed by atoms with Crippen LogP contribution in [-0.4, -0.2) is 73.5 Å². The molecule has 5 rings (SSSR count). The van der Waals surface area contributed by atoms with Crippen LogP contribution in [0.2, 0.25) is 0 Å². The lowest BCUT2D eigenvalue weighted by Gasteiger charge is -2.30. The number of nitrogen functional groups attached to an aromatic ring is 1. The fourth-order valence-corrected chi connectivity index (χ4v) is 6.17. The topological polar surface area (TPSA) is 129 Å². The summed E-state index contributed by atoms with van der Waals surface area (Å²) in [6.07, 6.45) is 2.68. The zero-order valence-electron chi connectivity index (χ0n) is 21.0. The van der Waals surface area contributed by atoms with Crippen molar-refractivity contribution in [3.8, 4) is 23.5 Å². The first-order valence-electron chi connectivity index (χ1n) is 12.3. The van der Waals surface area contributed by atoms with Gasteiger partial charge in [0, 0.05) is 54.9 Å². The molecule has 10 nitrogen and oxygen atoms in total. The highest BCUT2D eigenvalue weighted by molar-refractivity contribution is 7.16. The first kappa shape index (κ1) is 24.5. The SMILES string of the molecule is CN(C)CCOc1cc(N2CCNCC2)cc(-c2noc(C3(C)CCCc4sc(N)c(C#N)c43)n2)n1.